The van der Waals surface area contributed by atoms with Crippen molar-refractivity contribution in [3.05, 3.63) is 81.6 Å². The minimum atomic E-state index is -0.987. The van der Waals surface area contributed by atoms with Gasteiger partial charge in [0.1, 0.15) is 28.8 Å². The van der Waals surface area contributed by atoms with E-state index in [1.54, 1.807) is 33.2 Å². The minimum Gasteiger partial charge on any atom is -0.345 e. The van der Waals surface area contributed by atoms with Crippen molar-refractivity contribution in [2.45, 2.75) is 78.2 Å². The Bertz CT molecular complexity index is 1630. The first kappa shape index (κ1) is 38.1. The molecule has 0 aliphatic carbocycles. The van der Waals surface area contributed by atoms with Crippen molar-refractivity contribution < 1.29 is 24.0 Å². The van der Waals surface area contributed by atoms with Crippen molar-refractivity contribution in [1.82, 2.24) is 41.0 Å². The molecule has 13 nitrogen and oxygen atoms in total. The number of aryl methyl sites for hydroxylation is 1. The highest BCUT2D eigenvalue weighted by molar-refractivity contribution is 7.09. The van der Waals surface area contributed by atoms with Crippen LogP contribution in [0.4, 0.5) is 0 Å². The van der Waals surface area contributed by atoms with Gasteiger partial charge in [0.2, 0.25) is 23.6 Å². The molecule has 4 atom stereocenters. The average molecular weight is 705 g/mol. The molecular formula is C36H48N8O5S. The molecule has 2 bridgehead atoms. The third kappa shape index (κ3) is 10.7. The van der Waals surface area contributed by atoms with Gasteiger partial charge in [0, 0.05) is 38.3 Å². The van der Waals surface area contributed by atoms with Crippen molar-refractivity contribution >= 4 is 40.9 Å². The number of likely N-dealkylation sites (N-methyl/N-ethyl adjacent to an activating group) is 1. The number of thiazole rings is 1. The molecule has 268 valence electrons. The summed E-state index contributed by atoms with van der Waals surface area (Å²) >= 11 is 1.24. The number of fused-ring (bicyclic) bond motifs is 2. The number of amides is 5. The van der Waals surface area contributed by atoms with Crippen LogP contribution in [0.3, 0.4) is 0 Å². The molecule has 1 aliphatic rings. The maximum atomic E-state index is 13.7. The van der Waals surface area contributed by atoms with Crippen molar-refractivity contribution in [3.63, 3.8) is 0 Å². The second kappa shape index (κ2) is 17.8. The zero-order valence-electron chi connectivity index (χ0n) is 29.6. The Morgan fingerprint density at radius 1 is 0.880 bits per heavy atom. The normalized spacial score (nSPS) is 22.3. The standard InChI is InChI=1S/C36H48N8O5S/c1-7-25-13-14-27(37-18-25)19-44-16-15-43(6)36(49)24(5)39-34(48)31(22(2)3)42-32(46)23(4)38-33(47)29-21-50-35(41-29)28(40-30(45)20-44)17-26-11-9-8-10-12-26/h8-14,18,21-24,28,31H,7,15-17,19-20H2,1-6H3,(H,38,47)(H,39,48)(H,40,45)(H,42,46)/t23-,24+,28-,31-/m0/s1. The third-order valence-corrected chi connectivity index (χ3v) is 9.52. The molecule has 4 rings (SSSR count). The Hall–Kier alpha value is -4.69. The van der Waals surface area contributed by atoms with Crippen LogP contribution in [-0.2, 0) is 38.6 Å². The van der Waals surface area contributed by atoms with E-state index in [9.17, 15) is 24.0 Å². The number of benzene rings is 1. The Kier molecular flexibility index (Phi) is 13.6. The van der Waals surface area contributed by atoms with Crippen molar-refractivity contribution in [2.24, 2.45) is 5.92 Å². The lowest BCUT2D eigenvalue weighted by Gasteiger charge is -2.29. The first-order chi connectivity index (χ1) is 23.8. The van der Waals surface area contributed by atoms with Gasteiger partial charge < -0.3 is 26.2 Å². The van der Waals surface area contributed by atoms with E-state index in [1.165, 1.54) is 23.2 Å². The fraction of sp³-hybridized carbons (Fsp3) is 0.472. The number of rotatable bonds is 6. The van der Waals surface area contributed by atoms with Crippen LogP contribution in [0.1, 0.15) is 73.0 Å². The maximum Gasteiger partial charge on any atom is 0.271 e. The molecule has 0 saturated heterocycles. The Balaban J connectivity index is 1.66. The lowest BCUT2D eigenvalue weighted by Crippen LogP contribution is -2.57. The molecule has 0 unspecified atom stereocenters. The molecule has 1 aromatic carbocycles. The monoisotopic (exact) mass is 704 g/mol. The van der Waals surface area contributed by atoms with Gasteiger partial charge in [-0.05, 0) is 49.8 Å². The van der Waals surface area contributed by atoms with Crippen LogP contribution in [0, 0.1) is 5.92 Å². The number of hydrogen-bond donors (Lipinski definition) is 4. The summed E-state index contributed by atoms with van der Waals surface area (Å²) in [5.74, 6) is -2.52. The SMILES string of the molecule is CCc1ccc(CN2CCN(C)C(=O)[C@@H](C)NC(=O)[C@H](C(C)C)NC(=O)[C@H](C)NC(=O)c3csc(n3)[C@H](Cc3ccccc3)NC(=O)C2)nc1. The molecule has 50 heavy (non-hydrogen) atoms. The number of carbonyl (C=O) groups excluding carboxylic acids is 5. The van der Waals surface area contributed by atoms with Crippen LogP contribution < -0.4 is 21.3 Å². The van der Waals surface area contributed by atoms with Crippen molar-refractivity contribution in [1.29, 1.82) is 0 Å². The molecule has 3 heterocycles. The van der Waals surface area contributed by atoms with Gasteiger partial charge in [-0.25, -0.2) is 4.98 Å². The Morgan fingerprint density at radius 3 is 2.28 bits per heavy atom. The topological polar surface area (TPSA) is 166 Å². The Morgan fingerprint density at radius 2 is 1.62 bits per heavy atom. The van der Waals surface area contributed by atoms with Gasteiger partial charge in [0.05, 0.1) is 18.3 Å². The third-order valence-electron chi connectivity index (χ3n) is 8.56. The first-order valence-electron chi connectivity index (χ1n) is 17.0. The van der Waals surface area contributed by atoms with E-state index in [0.29, 0.717) is 24.5 Å². The molecule has 3 aromatic rings. The van der Waals surface area contributed by atoms with Crippen molar-refractivity contribution in [2.75, 3.05) is 26.7 Å². The number of nitrogens with zero attached hydrogens (tertiary/aromatic N) is 4. The number of pyridine rings is 1. The summed E-state index contributed by atoms with van der Waals surface area (Å²) in [5.41, 5.74) is 2.97. The van der Waals surface area contributed by atoms with Gasteiger partial charge in [-0.15, -0.1) is 11.3 Å². The highest BCUT2D eigenvalue weighted by Crippen LogP contribution is 2.23. The highest BCUT2D eigenvalue weighted by atomic mass is 32.1. The van der Waals surface area contributed by atoms with Crippen LogP contribution in [0.2, 0.25) is 0 Å². The van der Waals surface area contributed by atoms with Gasteiger partial charge >= 0.3 is 0 Å². The second-order valence-corrected chi connectivity index (χ2v) is 13.9. The van der Waals surface area contributed by atoms with Crippen LogP contribution in [0.5, 0.6) is 0 Å². The van der Waals surface area contributed by atoms with E-state index in [0.717, 1.165) is 23.2 Å². The fourth-order valence-corrected chi connectivity index (χ4v) is 6.34. The van der Waals surface area contributed by atoms with Gasteiger partial charge in [-0.1, -0.05) is 57.2 Å². The summed E-state index contributed by atoms with van der Waals surface area (Å²) in [7, 11) is 1.65. The van der Waals surface area contributed by atoms with Gasteiger partial charge in [0.15, 0.2) is 0 Å². The van der Waals surface area contributed by atoms with Gasteiger partial charge in [0.25, 0.3) is 5.91 Å². The number of hydrogen-bond acceptors (Lipinski definition) is 9. The van der Waals surface area contributed by atoms with E-state index in [2.05, 4.69) is 38.2 Å². The van der Waals surface area contributed by atoms with Crippen LogP contribution in [0.15, 0.2) is 54.0 Å². The summed E-state index contributed by atoms with van der Waals surface area (Å²) in [6.07, 6.45) is 3.12. The fourth-order valence-electron chi connectivity index (χ4n) is 5.49. The summed E-state index contributed by atoms with van der Waals surface area (Å²) in [6.45, 7) is 9.73. The van der Waals surface area contributed by atoms with E-state index < -0.39 is 41.9 Å². The largest absolute Gasteiger partial charge is 0.345 e. The predicted molar refractivity (Wildman–Crippen MR) is 191 cm³/mol. The number of nitrogens with one attached hydrogen (secondary N) is 4. The molecule has 2 aromatic heterocycles. The highest BCUT2D eigenvalue weighted by Gasteiger charge is 2.31. The number of carbonyl (C=O) groups is 5. The van der Waals surface area contributed by atoms with E-state index in [1.807, 2.05) is 53.6 Å². The zero-order chi connectivity index (χ0) is 36.4. The van der Waals surface area contributed by atoms with Crippen LogP contribution in [0.25, 0.3) is 0 Å². The number of aromatic nitrogens is 2. The molecule has 0 radical (unpaired) electrons. The molecule has 14 heteroatoms. The van der Waals surface area contributed by atoms with E-state index in [-0.39, 0.29) is 36.5 Å². The summed E-state index contributed by atoms with van der Waals surface area (Å²) in [6, 6.07) is 10.3. The lowest BCUT2D eigenvalue weighted by molar-refractivity contribution is -0.136. The molecular weight excluding hydrogens is 657 g/mol. The summed E-state index contributed by atoms with van der Waals surface area (Å²) in [5, 5.41) is 13.4. The van der Waals surface area contributed by atoms with Crippen molar-refractivity contribution in [3.8, 4) is 0 Å². The molecule has 0 fully saturated rings. The molecule has 0 spiro atoms. The smallest absolute Gasteiger partial charge is 0.271 e. The van der Waals surface area contributed by atoms with Crippen LogP contribution >= 0.6 is 11.3 Å². The predicted octanol–water partition coefficient (Wildman–Crippen LogP) is 2.24. The van der Waals surface area contributed by atoms with E-state index >= 15 is 0 Å². The quantitative estimate of drug-likeness (QED) is 0.304. The minimum absolute atomic E-state index is 0.0108. The zero-order valence-corrected chi connectivity index (χ0v) is 30.4. The van der Waals surface area contributed by atoms with Gasteiger partial charge in [-0.3, -0.25) is 33.9 Å². The van der Waals surface area contributed by atoms with Gasteiger partial charge in [-0.2, -0.15) is 0 Å². The molecule has 5 amide bonds. The average Bonchev–Trinajstić information content (AvgIpc) is 3.59. The maximum absolute atomic E-state index is 13.7. The first-order valence-corrected chi connectivity index (χ1v) is 17.8. The second-order valence-electron chi connectivity index (χ2n) is 13.0. The molecule has 0 saturated carbocycles. The molecule has 1 aliphatic heterocycles. The van der Waals surface area contributed by atoms with Crippen LogP contribution in [-0.4, -0.2) is 94.1 Å². The molecule has 4 N–H and O–H groups in total. The Labute approximate surface area is 297 Å². The summed E-state index contributed by atoms with van der Waals surface area (Å²) < 4.78 is 0. The lowest BCUT2D eigenvalue weighted by atomic mass is 10.0. The summed E-state index contributed by atoms with van der Waals surface area (Å²) in [4.78, 5) is 79.3. The van der Waals surface area contributed by atoms with E-state index in [4.69, 9.17) is 0 Å².